The van der Waals surface area contributed by atoms with Gasteiger partial charge in [-0.3, -0.25) is 9.67 Å². The van der Waals surface area contributed by atoms with Crippen molar-refractivity contribution in [2.24, 2.45) is 5.92 Å². The summed E-state index contributed by atoms with van der Waals surface area (Å²) in [7, 11) is 0. The number of fused-ring (bicyclic) bond motifs is 1. The Labute approximate surface area is 77.4 Å². The fraction of sp³-hybridized carbons (Fsp3) is 0.400. The Kier molecular flexibility index (Phi) is 2.00. The Morgan fingerprint density at radius 3 is 3.00 bits per heavy atom. The summed E-state index contributed by atoms with van der Waals surface area (Å²) in [5.41, 5.74) is 1.12. The quantitative estimate of drug-likeness (QED) is 0.699. The lowest BCUT2D eigenvalue weighted by molar-refractivity contribution is 0.495. The van der Waals surface area contributed by atoms with Crippen LogP contribution in [-0.2, 0) is 6.54 Å². The van der Waals surface area contributed by atoms with E-state index < -0.39 is 0 Å². The Balaban J connectivity index is 2.46. The highest BCUT2D eigenvalue weighted by Gasteiger charge is 2.02. The van der Waals surface area contributed by atoms with Crippen LogP contribution in [0.1, 0.15) is 13.8 Å². The lowest BCUT2D eigenvalue weighted by atomic mass is 10.2. The van der Waals surface area contributed by atoms with Gasteiger partial charge >= 0.3 is 0 Å². The van der Waals surface area contributed by atoms with Crippen LogP contribution in [0.4, 0.5) is 0 Å². The maximum Gasteiger partial charge on any atom is 0.0865 e. The molecular formula is C10H13N3. The molecule has 3 heteroatoms. The summed E-state index contributed by atoms with van der Waals surface area (Å²) < 4.78 is 2.01. The third kappa shape index (κ3) is 1.54. The number of hydrogen-bond acceptors (Lipinski definition) is 2. The maximum absolute atomic E-state index is 4.31. The lowest BCUT2D eigenvalue weighted by Crippen LogP contribution is -2.05. The molecule has 0 aromatic carbocycles. The molecule has 0 aliphatic rings. The van der Waals surface area contributed by atoms with Crippen LogP contribution >= 0.6 is 0 Å². The molecule has 13 heavy (non-hydrogen) atoms. The van der Waals surface area contributed by atoms with E-state index >= 15 is 0 Å². The van der Waals surface area contributed by atoms with E-state index in [0.29, 0.717) is 5.92 Å². The van der Waals surface area contributed by atoms with Crippen LogP contribution in [0, 0.1) is 5.92 Å². The van der Waals surface area contributed by atoms with Crippen LogP contribution in [-0.4, -0.2) is 14.8 Å². The smallest absolute Gasteiger partial charge is 0.0865 e. The van der Waals surface area contributed by atoms with E-state index in [1.807, 2.05) is 23.1 Å². The minimum atomic E-state index is 0.614. The van der Waals surface area contributed by atoms with Gasteiger partial charge in [-0.05, 0) is 12.0 Å². The monoisotopic (exact) mass is 175 g/mol. The fourth-order valence-electron chi connectivity index (χ4n) is 1.41. The summed E-state index contributed by atoms with van der Waals surface area (Å²) in [5.74, 6) is 0.614. The first-order valence-electron chi connectivity index (χ1n) is 4.53. The average Bonchev–Trinajstić information content (AvgIpc) is 2.48. The predicted molar refractivity (Wildman–Crippen MR) is 52.4 cm³/mol. The molecule has 0 N–H and O–H groups in total. The van der Waals surface area contributed by atoms with Crippen molar-refractivity contribution >= 4 is 10.9 Å². The van der Waals surface area contributed by atoms with Crippen LogP contribution in [0.5, 0.6) is 0 Å². The molecule has 2 aromatic heterocycles. The van der Waals surface area contributed by atoms with Gasteiger partial charge in [0, 0.05) is 18.1 Å². The second kappa shape index (κ2) is 3.17. The molecule has 0 saturated heterocycles. The molecule has 3 nitrogen and oxygen atoms in total. The van der Waals surface area contributed by atoms with Gasteiger partial charge in [-0.25, -0.2) is 0 Å². The number of pyridine rings is 1. The van der Waals surface area contributed by atoms with Gasteiger partial charge in [0.2, 0.25) is 0 Å². The SMILES string of the molecule is CC(C)Cn1ncc2ccncc21. The average molecular weight is 175 g/mol. The largest absolute Gasteiger partial charge is 0.263 e. The molecule has 2 heterocycles. The Morgan fingerprint density at radius 1 is 1.38 bits per heavy atom. The van der Waals surface area contributed by atoms with E-state index in [-0.39, 0.29) is 0 Å². The van der Waals surface area contributed by atoms with Crippen LogP contribution in [0.25, 0.3) is 10.9 Å². The van der Waals surface area contributed by atoms with Crippen molar-refractivity contribution < 1.29 is 0 Å². The minimum absolute atomic E-state index is 0.614. The number of rotatable bonds is 2. The topological polar surface area (TPSA) is 30.7 Å². The Bertz CT molecular complexity index is 403. The van der Waals surface area contributed by atoms with Gasteiger partial charge in [-0.1, -0.05) is 13.8 Å². The minimum Gasteiger partial charge on any atom is -0.263 e. The summed E-state index contributed by atoms with van der Waals surface area (Å²) in [6.07, 6.45) is 5.55. The van der Waals surface area contributed by atoms with Crippen molar-refractivity contribution in [3.63, 3.8) is 0 Å². The molecule has 0 aliphatic heterocycles. The Morgan fingerprint density at radius 2 is 2.23 bits per heavy atom. The van der Waals surface area contributed by atoms with Crippen LogP contribution in [0.2, 0.25) is 0 Å². The van der Waals surface area contributed by atoms with Gasteiger partial charge in [0.05, 0.1) is 17.9 Å². The third-order valence-electron chi connectivity index (χ3n) is 1.99. The van der Waals surface area contributed by atoms with E-state index in [0.717, 1.165) is 17.4 Å². The van der Waals surface area contributed by atoms with Crippen molar-refractivity contribution in [2.75, 3.05) is 0 Å². The first kappa shape index (κ1) is 8.23. The number of nitrogens with zero attached hydrogens (tertiary/aromatic N) is 3. The van der Waals surface area contributed by atoms with Gasteiger partial charge in [-0.15, -0.1) is 0 Å². The summed E-state index contributed by atoms with van der Waals surface area (Å²) in [6, 6.07) is 1.99. The molecule has 0 unspecified atom stereocenters. The standard InChI is InChI=1S/C10H13N3/c1-8(2)7-13-10-6-11-4-3-9(10)5-12-13/h3-6,8H,7H2,1-2H3. The normalized spacial score (nSPS) is 11.3. The first-order chi connectivity index (χ1) is 6.27. The molecule has 0 amide bonds. The zero-order valence-corrected chi connectivity index (χ0v) is 7.94. The van der Waals surface area contributed by atoms with E-state index in [1.54, 1.807) is 6.20 Å². The zero-order valence-electron chi connectivity index (χ0n) is 7.94. The molecule has 68 valence electrons. The van der Waals surface area contributed by atoms with Gasteiger partial charge in [-0.2, -0.15) is 5.10 Å². The van der Waals surface area contributed by atoms with Gasteiger partial charge in [0.1, 0.15) is 0 Å². The molecule has 0 saturated carbocycles. The third-order valence-corrected chi connectivity index (χ3v) is 1.99. The molecule has 0 spiro atoms. The van der Waals surface area contributed by atoms with Crippen molar-refractivity contribution in [2.45, 2.75) is 20.4 Å². The summed E-state index contributed by atoms with van der Waals surface area (Å²) in [6.45, 7) is 5.32. The number of aromatic nitrogens is 3. The zero-order chi connectivity index (χ0) is 9.26. The molecule has 0 aliphatic carbocycles. The fourth-order valence-corrected chi connectivity index (χ4v) is 1.41. The van der Waals surface area contributed by atoms with Crippen LogP contribution < -0.4 is 0 Å². The highest BCUT2D eigenvalue weighted by molar-refractivity contribution is 5.77. The first-order valence-corrected chi connectivity index (χ1v) is 4.53. The van der Waals surface area contributed by atoms with Crippen molar-refractivity contribution in [3.8, 4) is 0 Å². The molecule has 0 fully saturated rings. The van der Waals surface area contributed by atoms with Gasteiger partial charge in [0.15, 0.2) is 0 Å². The maximum atomic E-state index is 4.31. The van der Waals surface area contributed by atoms with Gasteiger partial charge in [0.25, 0.3) is 0 Å². The van der Waals surface area contributed by atoms with Crippen LogP contribution in [0.3, 0.4) is 0 Å². The Hall–Kier alpha value is -1.38. The van der Waals surface area contributed by atoms with Crippen molar-refractivity contribution in [1.82, 2.24) is 14.8 Å². The summed E-state index contributed by atoms with van der Waals surface area (Å²) in [4.78, 5) is 4.09. The molecule has 0 atom stereocenters. The lowest BCUT2D eigenvalue weighted by Gasteiger charge is -2.05. The van der Waals surface area contributed by atoms with Crippen molar-refractivity contribution in [3.05, 3.63) is 24.7 Å². The van der Waals surface area contributed by atoms with E-state index in [9.17, 15) is 0 Å². The number of hydrogen-bond donors (Lipinski definition) is 0. The molecule has 2 aromatic rings. The van der Waals surface area contributed by atoms with E-state index in [2.05, 4.69) is 23.9 Å². The van der Waals surface area contributed by atoms with Crippen LogP contribution in [0.15, 0.2) is 24.7 Å². The summed E-state index contributed by atoms with van der Waals surface area (Å²) >= 11 is 0. The molecule has 0 radical (unpaired) electrons. The highest BCUT2D eigenvalue weighted by Crippen LogP contribution is 2.12. The predicted octanol–water partition coefficient (Wildman–Crippen LogP) is 2.09. The molecular weight excluding hydrogens is 162 g/mol. The highest BCUT2D eigenvalue weighted by atomic mass is 15.3. The van der Waals surface area contributed by atoms with E-state index in [1.165, 1.54) is 0 Å². The molecule has 2 rings (SSSR count). The van der Waals surface area contributed by atoms with Crippen molar-refractivity contribution in [1.29, 1.82) is 0 Å². The van der Waals surface area contributed by atoms with Gasteiger partial charge < -0.3 is 0 Å². The summed E-state index contributed by atoms with van der Waals surface area (Å²) in [5, 5.41) is 5.47. The second-order valence-electron chi connectivity index (χ2n) is 3.66. The second-order valence-corrected chi connectivity index (χ2v) is 3.66. The van der Waals surface area contributed by atoms with E-state index in [4.69, 9.17) is 0 Å². The molecule has 0 bridgehead atoms.